The minimum absolute atomic E-state index is 0.0276. The van der Waals surface area contributed by atoms with Crippen molar-refractivity contribution < 1.29 is 19.4 Å². The monoisotopic (exact) mass is 188 g/mol. The molecule has 1 aliphatic rings. The van der Waals surface area contributed by atoms with Gasteiger partial charge in [0, 0.05) is 13.2 Å². The Hall–Kier alpha value is -0.610. The van der Waals surface area contributed by atoms with Crippen molar-refractivity contribution in [2.24, 2.45) is 0 Å². The molecule has 1 heterocycles. The van der Waals surface area contributed by atoms with Gasteiger partial charge in [-0.25, -0.2) is 4.79 Å². The molecule has 1 saturated heterocycles. The molecule has 0 aromatic rings. The van der Waals surface area contributed by atoms with Crippen molar-refractivity contribution in [3.8, 4) is 0 Å². The lowest BCUT2D eigenvalue weighted by Crippen LogP contribution is -2.40. The van der Waals surface area contributed by atoms with Gasteiger partial charge in [-0.2, -0.15) is 0 Å². The molecule has 0 amide bonds. The maximum atomic E-state index is 10.7. The molecule has 0 bridgehead atoms. The van der Waals surface area contributed by atoms with Crippen molar-refractivity contribution in [2.75, 3.05) is 13.2 Å². The highest BCUT2D eigenvalue weighted by molar-refractivity contribution is 5.76. The summed E-state index contributed by atoms with van der Waals surface area (Å²) in [4.78, 5) is 10.7. The zero-order chi connectivity index (χ0) is 9.90. The van der Waals surface area contributed by atoms with Gasteiger partial charge < -0.3 is 14.6 Å². The fraction of sp³-hybridized carbons (Fsp3) is 0.889. The van der Waals surface area contributed by atoms with Crippen LogP contribution in [0.2, 0.25) is 0 Å². The molecule has 0 radical (unpaired) electrons. The molecule has 0 spiro atoms. The number of ether oxygens (including phenoxy) is 2. The first-order valence-corrected chi connectivity index (χ1v) is 4.51. The van der Waals surface area contributed by atoms with Gasteiger partial charge in [0.15, 0.2) is 5.60 Å². The van der Waals surface area contributed by atoms with Crippen LogP contribution < -0.4 is 0 Å². The molecular weight excluding hydrogens is 172 g/mol. The van der Waals surface area contributed by atoms with E-state index in [1.165, 1.54) is 0 Å². The number of aliphatic carboxylic acids is 1. The van der Waals surface area contributed by atoms with Gasteiger partial charge in [-0.1, -0.05) is 0 Å². The summed E-state index contributed by atoms with van der Waals surface area (Å²) < 4.78 is 10.6. The van der Waals surface area contributed by atoms with Crippen molar-refractivity contribution in [3.63, 3.8) is 0 Å². The Labute approximate surface area is 77.8 Å². The average Bonchev–Trinajstić information content (AvgIpc) is 2.05. The Bertz CT molecular complexity index is 182. The van der Waals surface area contributed by atoms with Gasteiger partial charge in [0.1, 0.15) is 0 Å². The molecule has 1 N–H and O–H groups in total. The van der Waals surface area contributed by atoms with E-state index in [9.17, 15) is 4.79 Å². The molecule has 1 fully saturated rings. The van der Waals surface area contributed by atoms with Crippen molar-refractivity contribution in [3.05, 3.63) is 0 Å². The molecule has 0 saturated carbocycles. The third-order valence-electron chi connectivity index (χ3n) is 2.14. The predicted molar refractivity (Wildman–Crippen MR) is 46.6 cm³/mol. The minimum atomic E-state index is -1.08. The average molecular weight is 188 g/mol. The van der Waals surface area contributed by atoms with Gasteiger partial charge in [-0.05, 0) is 26.7 Å². The number of rotatable bonds is 3. The van der Waals surface area contributed by atoms with E-state index in [1.54, 1.807) is 13.8 Å². The van der Waals surface area contributed by atoms with E-state index in [0.717, 1.165) is 12.8 Å². The fourth-order valence-corrected chi connectivity index (χ4v) is 1.26. The van der Waals surface area contributed by atoms with Crippen molar-refractivity contribution >= 4 is 5.97 Å². The highest BCUT2D eigenvalue weighted by Crippen LogP contribution is 2.19. The van der Waals surface area contributed by atoms with Crippen LogP contribution in [0.25, 0.3) is 0 Å². The van der Waals surface area contributed by atoms with Crippen molar-refractivity contribution in [1.29, 1.82) is 0 Å². The number of carbonyl (C=O) groups is 1. The summed E-state index contributed by atoms with van der Waals surface area (Å²) in [6.07, 6.45) is 1.60. The second-order valence-electron chi connectivity index (χ2n) is 3.75. The van der Waals surface area contributed by atoms with Crippen molar-refractivity contribution in [2.45, 2.75) is 38.4 Å². The SMILES string of the molecule is CC(C)(OC1CCOCC1)C(=O)O. The molecule has 4 heteroatoms. The van der Waals surface area contributed by atoms with Crippen LogP contribution in [0.1, 0.15) is 26.7 Å². The summed E-state index contributed by atoms with van der Waals surface area (Å²) in [5.41, 5.74) is -1.08. The molecule has 1 aliphatic heterocycles. The second kappa shape index (κ2) is 4.07. The second-order valence-corrected chi connectivity index (χ2v) is 3.75. The maximum Gasteiger partial charge on any atom is 0.335 e. The molecule has 4 nitrogen and oxygen atoms in total. The highest BCUT2D eigenvalue weighted by Gasteiger charge is 2.32. The Morgan fingerprint density at radius 3 is 2.46 bits per heavy atom. The number of hydrogen-bond donors (Lipinski definition) is 1. The topological polar surface area (TPSA) is 55.8 Å². The third kappa shape index (κ3) is 2.97. The summed E-state index contributed by atoms with van der Waals surface area (Å²) in [7, 11) is 0. The minimum Gasteiger partial charge on any atom is -0.479 e. The van der Waals surface area contributed by atoms with E-state index < -0.39 is 11.6 Å². The molecule has 76 valence electrons. The normalized spacial score (nSPS) is 20.2. The van der Waals surface area contributed by atoms with E-state index in [4.69, 9.17) is 14.6 Å². The molecule has 1 rings (SSSR count). The number of carboxylic acids is 1. The van der Waals surface area contributed by atoms with Crippen molar-refractivity contribution in [1.82, 2.24) is 0 Å². The number of hydrogen-bond acceptors (Lipinski definition) is 3. The summed E-state index contributed by atoms with van der Waals surface area (Å²) in [6, 6.07) is 0. The number of carboxylic acid groups (broad SMARTS) is 1. The van der Waals surface area contributed by atoms with E-state index in [1.807, 2.05) is 0 Å². The quantitative estimate of drug-likeness (QED) is 0.719. The maximum absolute atomic E-state index is 10.7. The smallest absolute Gasteiger partial charge is 0.335 e. The van der Waals surface area contributed by atoms with E-state index in [0.29, 0.717) is 13.2 Å². The molecule has 13 heavy (non-hydrogen) atoms. The van der Waals surface area contributed by atoms with Crippen LogP contribution in [0.5, 0.6) is 0 Å². The van der Waals surface area contributed by atoms with Crippen LogP contribution in [0.4, 0.5) is 0 Å². The van der Waals surface area contributed by atoms with Gasteiger partial charge in [0.25, 0.3) is 0 Å². The Morgan fingerprint density at radius 1 is 1.46 bits per heavy atom. The van der Waals surface area contributed by atoms with Crippen LogP contribution in [0.15, 0.2) is 0 Å². The highest BCUT2D eigenvalue weighted by atomic mass is 16.5. The summed E-state index contributed by atoms with van der Waals surface area (Å²) in [6.45, 7) is 4.48. The Kier molecular flexibility index (Phi) is 3.27. The third-order valence-corrected chi connectivity index (χ3v) is 2.14. The molecule has 0 atom stereocenters. The lowest BCUT2D eigenvalue weighted by molar-refractivity contribution is -0.173. The zero-order valence-electron chi connectivity index (χ0n) is 8.08. The lowest BCUT2D eigenvalue weighted by Gasteiger charge is -2.29. The first-order valence-electron chi connectivity index (χ1n) is 4.51. The Balaban J connectivity index is 2.41. The lowest BCUT2D eigenvalue weighted by atomic mass is 10.1. The van der Waals surface area contributed by atoms with E-state index in [2.05, 4.69) is 0 Å². The Morgan fingerprint density at radius 2 is 2.00 bits per heavy atom. The van der Waals surface area contributed by atoms with Gasteiger partial charge in [-0.15, -0.1) is 0 Å². The first-order chi connectivity index (χ1) is 6.02. The van der Waals surface area contributed by atoms with Gasteiger partial charge in [0.2, 0.25) is 0 Å². The zero-order valence-corrected chi connectivity index (χ0v) is 8.08. The molecule has 0 unspecified atom stereocenters. The van der Waals surface area contributed by atoms with Crippen LogP contribution >= 0.6 is 0 Å². The van der Waals surface area contributed by atoms with Gasteiger partial charge >= 0.3 is 5.97 Å². The molecular formula is C9H16O4. The fourth-order valence-electron chi connectivity index (χ4n) is 1.26. The summed E-state index contributed by atoms with van der Waals surface area (Å²) in [5, 5.41) is 8.82. The van der Waals surface area contributed by atoms with E-state index >= 15 is 0 Å². The van der Waals surface area contributed by atoms with Gasteiger partial charge in [0.05, 0.1) is 6.10 Å². The molecule has 0 aromatic heterocycles. The van der Waals surface area contributed by atoms with Crippen LogP contribution in [0, 0.1) is 0 Å². The summed E-state index contributed by atoms with van der Waals surface area (Å²) >= 11 is 0. The van der Waals surface area contributed by atoms with Crippen LogP contribution in [-0.2, 0) is 14.3 Å². The van der Waals surface area contributed by atoms with Crippen LogP contribution in [0.3, 0.4) is 0 Å². The standard InChI is InChI=1S/C9H16O4/c1-9(2,8(10)11)13-7-3-5-12-6-4-7/h7H,3-6H2,1-2H3,(H,10,11). The predicted octanol–water partition coefficient (Wildman–Crippen LogP) is 1.05. The largest absolute Gasteiger partial charge is 0.479 e. The van der Waals surface area contributed by atoms with E-state index in [-0.39, 0.29) is 6.10 Å². The molecule has 0 aliphatic carbocycles. The summed E-state index contributed by atoms with van der Waals surface area (Å²) in [5.74, 6) is -0.918. The van der Waals surface area contributed by atoms with Gasteiger partial charge in [-0.3, -0.25) is 0 Å². The first kappa shape index (κ1) is 10.5. The van der Waals surface area contributed by atoms with Crippen LogP contribution in [-0.4, -0.2) is 36.0 Å². The molecule has 0 aromatic carbocycles.